The molecule has 0 N–H and O–H groups in total. The SMILES string of the molecule is CCOC(=O)COc1ccc(C(C)=O)cc1SCC. The van der Waals surface area contributed by atoms with Crippen LogP contribution in [-0.2, 0) is 9.53 Å². The molecule has 5 heteroatoms. The fraction of sp³-hybridized carbons (Fsp3) is 0.429. The summed E-state index contributed by atoms with van der Waals surface area (Å²) in [4.78, 5) is 23.5. The second kappa shape index (κ2) is 7.84. The Morgan fingerprint density at radius 1 is 1.26 bits per heavy atom. The van der Waals surface area contributed by atoms with Crippen molar-refractivity contribution in [3.63, 3.8) is 0 Å². The molecule has 0 saturated heterocycles. The average Bonchev–Trinajstić information content (AvgIpc) is 2.37. The van der Waals surface area contributed by atoms with Crippen LogP contribution in [-0.4, -0.2) is 30.7 Å². The van der Waals surface area contributed by atoms with Crippen molar-refractivity contribution in [2.75, 3.05) is 19.0 Å². The summed E-state index contributed by atoms with van der Waals surface area (Å²) in [6.07, 6.45) is 0. The number of ketones is 1. The molecule has 1 rings (SSSR count). The number of benzene rings is 1. The van der Waals surface area contributed by atoms with Gasteiger partial charge in [0.05, 0.1) is 11.5 Å². The highest BCUT2D eigenvalue weighted by Crippen LogP contribution is 2.30. The number of hydrogen-bond acceptors (Lipinski definition) is 5. The van der Waals surface area contributed by atoms with Gasteiger partial charge in [0.1, 0.15) is 5.75 Å². The molecule has 0 spiro atoms. The van der Waals surface area contributed by atoms with Gasteiger partial charge in [0.25, 0.3) is 0 Å². The molecule has 0 aliphatic rings. The lowest BCUT2D eigenvalue weighted by atomic mass is 10.1. The summed E-state index contributed by atoms with van der Waals surface area (Å²) in [6.45, 7) is 5.50. The summed E-state index contributed by atoms with van der Waals surface area (Å²) in [7, 11) is 0. The van der Waals surface area contributed by atoms with E-state index >= 15 is 0 Å². The highest BCUT2D eigenvalue weighted by atomic mass is 32.2. The molecule has 104 valence electrons. The topological polar surface area (TPSA) is 52.6 Å². The van der Waals surface area contributed by atoms with Crippen molar-refractivity contribution < 1.29 is 19.1 Å². The van der Waals surface area contributed by atoms with Gasteiger partial charge < -0.3 is 9.47 Å². The molecule has 0 bridgehead atoms. The molecule has 1 aromatic rings. The van der Waals surface area contributed by atoms with Crippen LogP contribution in [0.25, 0.3) is 0 Å². The minimum absolute atomic E-state index is 0.00916. The van der Waals surface area contributed by atoms with Crippen molar-refractivity contribution in [1.82, 2.24) is 0 Å². The highest BCUT2D eigenvalue weighted by Gasteiger charge is 2.10. The number of carbonyl (C=O) groups is 2. The van der Waals surface area contributed by atoms with Gasteiger partial charge in [0.2, 0.25) is 0 Å². The van der Waals surface area contributed by atoms with E-state index in [1.165, 1.54) is 6.92 Å². The van der Waals surface area contributed by atoms with E-state index in [2.05, 4.69) is 0 Å². The molecule has 0 heterocycles. The molecule has 0 atom stereocenters. The van der Waals surface area contributed by atoms with Crippen molar-refractivity contribution in [2.24, 2.45) is 0 Å². The van der Waals surface area contributed by atoms with Crippen LogP contribution in [0.3, 0.4) is 0 Å². The third-order valence-corrected chi connectivity index (χ3v) is 3.22. The maximum Gasteiger partial charge on any atom is 0.344 e. The largest absolute Gasteiger partial charge is 0.481 e. The number of esters is 1. The van der Waals surface area contributed by atoms with Crippen molar-refractivity contribution in [2.45, 2.75) is 25.7 Å². The first-order valence-corrected chi connectivity index (χ1v) is 7.13. The Bertz CT molecular complexity index is 457. The minimum Gasteiger partial charge on any atom is -0.481 e. The number of Topliss-reactive ketones (excluding diaryl/α,β-unsaturated/α-hetero) is 1. The molecule has 0 saturated carbocycles. The molecule has 0 fully saturated rings. The van der Waals surface area contributed by atoms with E-state index in [4.69, 9.17) is 9.47 Å². The zero-order chi connectivity index (χ0) is 14.3. The third kappa shape index (κ3) is 4.95. The van der Waals surface area contributed by atoms with Crippen molar-refractivity contribution >= 4 is 23.5 Å². The van der Waals surface area contributed by atoms with Gasteiger partial charge in [-0.15, -0.1) is 11.8 Å². The van der Waals surface area contributed by atoms with E-state index in [1.807, 2.05) is 6.92 Å². The fourth-order valence-electron chi connectivity index (χ4n) is 1.45. The van der Waals surface area contributed by atoms with Gasteiger partial charge in [-0.2, -0.15) is 0 Å². The van der Waals surface area contributed by atoms with E-state index in [0.29, 0.717) is 17.9 Å². The summed E-state index contributed by atoms with van der Waals surface area (Å²) < 4.78 is 10.2. The van der Waals surface area contributed by atoms with Gasteiger partial charge >= 0.3 is 5.97 Å². The molecule has 4 nitrogen and oxygen atoms in total. The Balaban J connectivity index is 2.81. The maximum atomic E-state index is 11.3. The van der Waals surface area contributed by atoms with Gasteiger partial charge in [-0.3, -0.25) is 4.79 Å². The number of hydrogen-bond donors (Lipinski definition) is 0. The van der Waals surface area contributed by atoms with E-state index in [1.54, 1.807) is 36.9 Å². The number of thioether (sulfide) groups is 1. The Morgan fingerprint density at radius 2 is 2.00 bits per heavy atom. The summed E-state index contributed by atoms with van der Waals surface area (Å²) in [5.74, 6) is 1.07. The summed E-state index contributed by atoms with van der Waals surface area (Å²) in [5, 5.41) is 0. The Labute approximate surface area is 117 Å². The van der Waals surface area contributed by atoms with E-state index in [-0.39, 0.29) is 12.4 Å². The smallest absolute Gasteiger partial charge is 0.344 e. The van der Waals surface area contributed by atoms with Crippen LogP contribution >= 0.6 is 11.8 Å². The predicted octanol–water partition coefficient (Wildman–Crippen LogP) is 2.94. The monoisotopic (exact) mass is 282 g/mol. The zero-order valence-corrected chi connectivity index (χ0v) is 12.2. The van der Waals surface area contributed by atoms with Gasteiger partial charge in [0, 0.05) is 5.56 Å². The number of carbonyl (C=O) groups excluding carboxylic acids is 2. The highest BCUT2D eigenvalue weighted by molar-refractivity contribution is 7.99. The lowest BCUT2D eigenvalue weighted by Gasteiger charge is -2.11. The first-order valence-electron chi connectivity index (χ1n) is 6.14. The zero-order valence-electron chi connectivity index (χ0n) is 11.4. The van der Waals surface area contributed by atoms with Crippen LogP contribution in [0.1, 0.15) is 31.1 Å². The van der Waals surface area contributed by atoms with Crippen molar-refractivity contribution in [1.29, 1.82) is 0 Å². The molecular weight excluding hydrogens is 264 g/mol. The summed E-state index contributed by atoms with van der Waals surface area (Å²) in [6, 6.07) is 5.20. The fourth-order valence-corrected chi connectivity index (χ4v) is 2.24. The molecule has 0 aromatic heterocycles. The first kappa shape index (κ1) is 15.6. The van der Waals surface area contributed by atoms with E-state index < -0.39 is 5.97 Å². The number of rotatable bonds is 7. The maximum absolute atomic E-state index is 11.3. The normalized spacial score (nSPS) is 10.1. The molecule has 0 amide bonds. The first-order chi connectivity index (χ1) is 9.08. The molecule has 0 aliphatic heterocycles. The second-order valence-electron chi connectivity index (χ2n) is 3.74. The Hall–Kier alpha value is -1.49. The standard InChI is InChI=1S/C14H18O4S/c1-4-17-14(16)9-18-12-7-6-11(10(3)15)8-13(12)19-5-2/h6-8H,4-5,9H2,1-3H3. The van der Waals surface area contributed by atoms with Crippen LogP contribution in [0.5, 0.6) is 5.75 Å². The van der Waals surface area contributed by atoms with Crippen LogP contribution in [0.15, 0.2) is 23.1 Å². The van der Waals surface area contributed by atoms with Crippen LogP contribution in [0.4, 0.5) is 0 Å². The van der Waals surface area contributed by atoms with Gasteiger partial charge in [-0.05, 0) is 37.8 Å². The van der Waals surface area contributed by atoms with Crippen molar-refractivity contribution in [3.8, 4) is 5.75 Å². The van der Waals surface area contributed by atoms with Crippen LogP contribution < -0.4 is 4.74 Å². The lowest BCUT2D eigenvalue weighted by molar-refractivity contribution is -0.145. The lowest BCUT2D eigenvalue weighted by Crippen LogP contribution is -2.15. The predicted molar refractivity (Wildman–Crippen MR) is 75.0 cm³/mol. The second-order valence-corrected chi connectivity index (χ2v) is 5.05. The van der Waals surface area contributed by atoms with E-state index in [0.717, 1.165) is 10.6 Å². The molecule has 0 unspecified atom stereocenters. The van der Waals surface area contributed by atoms with Gasteiger partial charge in [-0.25, -0.2) is 4.79 Å². The molecular formula is C14H18O4S. The van der Waals surface area contributed by atoms with E-state index in [9.17, 15) is 9.59 Å². The third-order valence-electron chi connectivity index (χ3n) is 2.30. The average molecular weight is 282 g/mol. The molecule has 0 aliphatic carbocycles. The van der Waals surface area contributed by atoms with Crippen molar-refractivity contribution in [3.05, 3.63) is 23.8 Å². The van der Waals surface area contributed by atoms with Crippen LogP contribution in [0.2, 0.25) is 0 Å². The molecule has 19 heavy (non-hydrogen) atoms. The summed E-state index contributed by atoms with van der Waals surface area (Å²) in [5.41, 5.74) is 0.638. The summed E-state index contributed by atoms with van der Waals surface area (Å²) >= 11 is 1.57. The van der Waals surface area contributed by atoms with Gasteiger partial charge in [0.15, 0.2) is 12.4 Å². The quantitative estimate of drug-likeness (QED) is 0.437. The van der Waals surface area contributed by atoms with Crippen LogP contribution in [0, 0.1) is 0 Å². The Kier molecular flexibility index (Phi) is 6.42. The molecule has 0 radical (unpaired) electrons. The molecule has 1 aromatic carbocycles. The number of ether oxygens (including phenoxy) is 2. The van der Waals surface area contributed by atoms with Gasteiger partial charge in [-0.1, -0.05) is 6.92 Å². The minimum atomic E-state index is -0.398. The Morgan fingerprint density at radius 3 is 2.58 bits per heavy atom.